The van der Waals surface area contributed by atoms with Gasteiger partial charge in [-0.15, -0.1) is 0 Å². The highest BCUT2D eigenvalue weighted by Crippen LogP contribution is 2.17. The predicted octanol–water partition coefficient (Wildman–Crippen LogP) is 2.65. The Morgan fingerprint density at radius 3 is 3.00 bits per heavy atom. The summed E-state index contributed by atoms with van der Waals surface area (Å²) in [5, 5.41) is 17.0. The lowest BCUT2D eigenvalue weighted by Gasteiger charge is -2.11. The molecule has 2 aromatic heterocycles. The van der Waals surface area contributed by atoms with E-state index in [1.54, 1.807) is 17.4 Å². The summed E-state index contributed by atoms with van der Waals surface area (Å²) in [5.41, 5.74) is 1.69. The predicted molar refractivity (Wildman–Crippen MR) is 69.5 cm³/mol. The van der Waals surface area contributed by atoms with Crippen molar-refractivity contribution < 1.29 is 5.11 Å². The molecule has 0 aliphatic carbocycles. The SMILES string of the molecule is Cc1cc(NCC(O)c2ccsc2)nc(Cl)n1. The van der Waals surface area contributed by atoms with Crippen molar-refractivity contribution in [3.8, 4) is 0 Å². The summed E-state index contributed by atoms with van der Waals surface area (Å²) in [6.07, 6.45) is -0.546. The maximum atomic E-state index is 9.88. The molecule has 2 heterocycles. The number of aryl methyl sites for hydroxylation is 1. The van der Waals surface area contributed by atoms with Gasteiger partial charge < -0.3 is 10.4 Å². The van der Waals surface area contributed by atoms with Crippen LogP contribution in [0.25, 0.3) is 0 Å². The Morgan fingerprint density at radius 1 is 1.53 bits per heavy atom. The molecule has 0 aromatic carbocycles. The number of rotatable bonds is 4. The number of nitrogens with zero attached hydrogens (tertiary/aromatic N) is 2. The minimum absolute atomic E-state index is 0.206. The molecule has 0 saturated heterocycles. The Labute approximate surface area is 108 Å². The van der Waals surface area contributed by atoms with Gasteiger partial charge in [0.05, 0.1) is 6.10 Å². The Morgan fingerprint density at radius 2 is 2.35 bits per heavy atom. The van der Waals surface area contributed by atoms with Crippen molar-refractivity contribution in [3.05, 3.63) is 39.4 Å². The van der Waals surface area contributed by atoms with Crippen LogP contribution in [0, 0.1) is 6.92 Å². The standard InChI is InChI=1S/C11H12ClN3OS/c1-7-4-10(15-11(12)14-7)13-5-9(16)8-2-3-17-6-8/h2-4,6,9,16H,5H2,1H3,(H,13,14,15). The Balaban J connectivity index is 1.98. The summed E-state index contributed by atoms with van der Waals surface area (Å²) in [5.74, 6) is 0.622. The van der Waals surface area contributed by atoms with E-state index in [-0.39, 0.29) is 5.28 Å². The Bertz CT molecular complexity index is 469. The minimum Gasteiger partial charge on any atom is -0.387 e. The molecule has 0 saturated carbocycles. The minimum atomic E-state index is -0.546. The lowest BCUT2D eigenvalue weighted by molar-refractivity contribution is 0.192. The van der Waals surface area contributed by atoms with Gasteiger partial charge in [0.15, 0.2) is 0 Å². The second kappa shape index (κ2) is 5.44. The van der Waals surface area contributed by atoms with E-state index in [9.17, 15) is 5.11 Å². The summed E-state index contributed by atoms with van der Waals surface area (Å²) >= 11 is 7.30. The zero-order chi connectivity index (χ0) is 12.3. The molecule has 0 radical (unpaired) electrons. The molecule has 0 bridgehead atoms. The number of aromatic nitrogens is 2. The summed E-state index contributed by atoms with van der Waals surface area (Å²) in [4.78, 5) is 7.99. The van der Waals surface area contributed by atoms with Crippen LogP contribution in [0.5, 0.6) is 0 Å². The molecule has 2 aromatic rings. The van der Waals surface area contributed by atoms with Crippen LogP contribution in [-0.2, 0) is 0 Å². The molecular formula is C11H12ClN3OS. The smallest absolute Gasteiger partial charge is 0.224 e. The maximum Gasteiger partial charge on any atom is 0.224 e. The molecular weight excluding hydrogens is 258 g/mol. The summed E-state index contributed by atoms with van der Waals surface area (Å²) in [6, 6.07) is 3.68. The largest absolute Gasteiger partial charge is 0.387 e. The van der Waals surface area contributed by atoms with Crippen molar-refractivity contribution in [2.45, 2.75) is 13.0 Å². The van der Waals surface area contributed by atoms with Gasteiger partial charge in [0.1, 0.15) is 5.82 Å². The molecule has 0 aliphatic rings. The molecule has 0 spiro atoms. The number of halogens is 1. The van der Waals surface area contributed by atoms with E-state index < -0.39 is 6.10 Å². The van der Waals surface area contributed by atoms with E-state index in [0.717, 1.165) is 11.3 Å². The number of aliphatic hydroxyl groups is 1. The van der Waals surface area contributed by atoms with Crippen molar-refractivity contribution in [2.75, 3.05) is 11.9 Å². The van der Waals surface area contributed by atoms with Crippen molar-refractivity contribution in [1.82, 2.24) is 9.97 Å². The maximum absolute atomic E-state index is 9.88. The van der Waals surface area contributed by atoms with Crippen molar-refractivity contribution >= 4 is 28.8 Å². The Kier molecular flexibility index (Phi) is 3.93. The summed E-state index contributed by atoms with van der Waals surface area (Å²) in [6.45, 7) is 2.23. The van der Waals surface area contributed by atoms with E-state index in [1.807, 2.05) is 23.8 Å². The average Bonchev–Trinajstić information content (AvgIpc) is 2.78. The number of hydrogen-bond donors (Lipinski definition) is 2. The van der Waals surface area contributed by atoms with Gasteiger partial charge in [-0.3, -0.25) is 0 Å². The number of nitrogens with one attached hydrogen (secondary N) is 1. The fourth-order valence-corrected chi connectivity index (χ4v) is 2.34. The highest BCUT2D eigenvalue weighted by Gasteiger charge is 2.08. The number of thiophene rings is 1. The van der Waals surface area contributed by atoms with Crippen LogP contribution in [0.15, 0.2) is 22.9 Å². The zero-order valence-electron chi connectivity index (χ0n) is 9.22. The van der Waals surface area contributed by atoms with Crippen molar-refractivity contribution in [1.29, 1.82) is 0 Å². The van der Waals surface area contributed by atoms with Crippen molar-refractivity contribution in [2.24, 2.45) is 0 Å². The molecule has 6 heteroatoms. The fraction of sp³-hybridized carbons (Fsp3) is 0.273. The molecule has 4 nitrogen and oxygen atoms in total. The van der Waals surface area contributed by atoms with Gasteiger partial charge >= 0.3 is 0 Å². The van der Waals surface area contributed by atoms with Gasteiger partial charge in [-0.2, -0.15) is 11.3 Å². The van der Waals surface area contributed by atoms with Crippen LogP contribution in [0.2, 0.25) is 5.28 Å². The number of hydrogen-bond acceptors (Lipinski definition) is 5. The zero-order valence-corrected chi connectivity index (χ0v) is 10.8. The van der Waals surface area contributed by atoms with Crippen LogP contribution in [0.4, 0.5) is 5.82 Å². The quantitative estimate of drug-likeness (QED) is 0.838. The van der Waals surface area contributed by atoms with E-state index in [0.29, 0.717) is 12.4 Å². The van der Waals surface area contributed by atoms with E-state index in [4.69, 9.17) is 11.6 Å². The average molecular weight is 270 g/mol. The second-order valence-electron chi connectivity index (χ2n) is 3.62. The topological polar surface area (TPSA) is 58.0 Å². The van der Waals surface area contributed by atoms with Gasteiger partial charge in [0, 0.05) is 18.3 Å². The first kappa shape index (κ1) is 12.3. The van der Waals surface area contributed by atoms with Crippen LogP contribution >= 0.6 is 22.9 Å². The number of aliphatic hydroxyl groups excluding tert-OH is 1. The first-order valence-electron chi connectivity index (χ1n) is 5.10. The molecule has 1 atom stereocenters. The first-order chi connectivity index (χ1) is 8.15. The molecule has 1 unspecified atom stereocenters. The van der Waals surface area contributed by atoms with Crippen LogP contribution in [-0.4, -0.2) is 21.6 Å². The molecule has 0 aliphatic heterocycles. The van der Waals surface area contributed by atoms with Gasteiger partial charge in [0.25, 0.3) is 0 Å². The summed E-state index contributed by atoms with van der Waals surface area (Å²) in [7, 11) is 0. The third-order valence-corrected chi connectivity index (χ3v) is 3.10. The van der Waals surface area contributed by atoms with Crippen LogP contribution < -0.4 is 5.32 Å². The fourth-order valence-electron chi connectivity index (χ4n) is 1.41. The lowest BCUT2D eigenvalue weighted by atomic mass is 10.2. The first-order valence-corrected chi connectivity index (χ1v) is 6.42. The molecule has 2 N–H and O–H groups in total. The molecule has 0 fully saturated rings. The van der Waals surface area contributed by atoms with E-state index in [1.165, 1.54) is 0 Å². The van der Waals surface area contributed by atoms with E-state index >= 15 is 0 Å². The monoisotopic (exact) mass is 269 g/mol. The Hall–Kier alpha value is -1.17. The molecule has 17 heavy (non-hydrogen) atoms. The third-order valence-electron chi connectivity index (χ3n) is 2.23. The highest BCUT2D eigenvalue weighted by molar-refractivity contribution is 7.07. The number of anilines is 1. The second-order valence-corrected chi connectivity index (χ2v) is 4.74. The lowest BCUT2D eigenvalue weighted by Crippen LogP contribution is -2.12. The van der Waals surface area contributed by atoms with E-state index in [2.05, 4.69) is 15.3 Å². The molecule has 0 amide bonds. The van der Waals surface area contributed by atoms with Crippen LogP contribution in [0.3, 0.4) is 0 Å². The van der Waals surface area contributed by atoms with Gasteiger partial charge in [0.2, 0.25) is 5.28 Å². The molecule has 90 valence electrons. The van der Waals surface area contributed by atoms with Crippen molar-refractivity contribution in [3.63, 3.8) is 0 Å². The van der Waals surface area contributed by atoms with Gasteiger partial charge in [-0.1, -0.05) is 0 Å². The summed E-state index contributed by atoms with van der Waals surface area (Å²) < 4.78 is 0. The van der Waals surface area contributed by atoms with Crippen LogP contribution in [0.1, 0.15) is 17.4 Å². The van der Waals surface area contributed by atoms with Gasteiger partial charge in [-0.25, -0.2) is 9.97 Å². The van der Waals surface area contributed by atoms with Gasteiger partial charge in [-0.05, 0) is 40.9 Å². The third kappa shape index (κ3) is 3.39. The normalized spacial score (nSPS) is 12.4. The molecule has 2 rings (SSSR count). The highest BCUT2D eigenvalue weighted by atomic mass is 35.5.